The van der Waals surface area contributed by atoms with Gasteiger partial charge in [-0.2, -0.15) is 0 Å². The van der Waals surface area contributed by atoms with Gasteiger partial charge >= 0.3 is 5.69 Å². The van der Waals surface area contributed by atoms with Gasteiger partial charge in [0, 0.05) is 19.8 Å². The van der Waals surface area contributed by atoms with Crippen LogP contribution in [-0.4, -0.2) is 14.1 Å². The van der Waals surface area contributed by atoms with E-state index < -0.39 is 0 Å². The van der Waals surface area contributed by atoms with Gasteiger partial charge < -0.3 is 0 Å². The second-order valence-electron chi connectivity index (χ2n) is 4.52. The smallest absolute Gasteiger partial charge is 0.280 e. The van der Waals surface area contributed by atoms with Crippen molar-refractivity contribution in [3.63, 3.8) is 0 Å². The number of pyridine rings is 1. The van der Waals surface area contributed by atoms with Crippen LogP contribution in [0, 0.1) is 0 Å². The van der Waals surface area contributed by atoms with Crippen molar-refractivity contribution < 1.29 is 0 Å². The zero-order valence-corrected chi connectivity index (χ0v) is 9.86. The van der Waals surface area contributed by atoms with Crippen molar-refractivity contribution in [1.82, 2.24) is 14.1 Å². The molecule has 0 fully saturated rings. The first-order valence-electron chi connectivity index (χ1n) is 5.68. The summed E-state index contributed by atoms with van der Waals surface area (Å²) in [4.78, 5) is 28.3. The molecule has 0 spiro atoms. The van der Waals surface area contributed by atoms with E-state index in [1.807, 2.05) is 6.07 Å². The summed E-state index contributed by atoms with van der Waals surface area (Å²) in [7, 11) is 3.15. The van der Waals surface area contributed by atoms with Gasteiger partial charge in [-0.1, -0.05) is 0 Å². The van der Waals surface area contributed by atoms with Crippen molar-refractivity contribution in [2.75, 3.05) is 0 Å². The highest BCUT2D eigenvalue weighted by molar-refractivity contribution is 5.75. The Bertz CT molecular complexity index is 740. The van der Waals surface area contributed by atoms with Gasteiger partial charge in [-0.05, 0) is 30.9 Å². The van der Waals surface area contributed by atoms with Gasteiger partial charge in [0.15, 0.2) is 0 Å². The first-order valence-corrected chi connectivity index (χ1v) is 5.68. The summed E-state index contributed by atoms with van der Waals surface area (Å²) in [5, 5.41) is 0.537. The number of aromatic nitrogens is 3. The van der Waals surface area contributed by atoms with Gasteiger partial charge in [-0.25, -0.2) is 9.78 Å². The molecule has 5 nitrogen and oxygen atoms in total. The molecule has 0 aliphatic heterocycles. The second-order valence-corrected chi connectivity index (χ2v) is 4.52. The number of hydrogen-bond acceptors (Lipinski definition) is 3. The second kappa shape index (κ2) is 3.29. The first-order chi connectivity index (χ1) is 8.09. The van der Waals surface area contributed by atoms with Crippen LogP contribution in [0.1, 0.15) is 17.7 Å². The fourth-order valence-electron chi connectivity index (χ4n) is 2.46. The Balaban J connectivity index is 2.56. The predicted octanol–water partition coefficient (Wildman–Crippen LogP) is 0.121. The average molecular weight is 231 g/mol. The molecule has 88 valence electrons. The fraction of sp³-hybridized carbons (Fsp3) is 0.417. The summed E-state index contributed by atoms with van der Waals surface area (Å²) < 4.78 is 2.57. The Morgan fingerprint density at radius 1 is 1.18 bits per heavy atom. The Labute approximate surface area is 97.3 Å². The summed E-state index contributed by atoms with van der Waals surface area (Å²) in [5.74, 6) is 0. The largest absolute Gasteiger partial charge is 0.332 e. The molecule has 2 aromatic heterocycles. The highest BCUT2D eigenvalue weighted by atomic mass is 16.2. The molecule has 17 heavy (non-hydrogen) atoms. The Hall–Kier alpha value is -1.91. The lowest BCUT2D eigenvalue weighted by atomic mass is 10.2. The lowest BCUT2D eigenvalue weighted by Gasteiger charge is -2.08. The molecular formula is C12H13N3O2. The normalized spacial score (nSPS) is 14.2. The Morgan fingerprint density at radius 2 is 1.94 bits per heavy atom. The molecule has 0 amide bonds. The molecule has 2 aromatic rings. The van der Waals surface area contributed by atoms with Gasteiger partial charge in [-0.3, -0.25) is 13.9 Å². The number of aryl methyl sites for hydroxylation is 3. The monoisotopic (exact) mass is 231 g/mol. The lowest BCUT2D eigenvalue weighted by Crippen LogP contribution is -2.37. The molecular weight excluding hydrogens is 218 g/mol. The van der Waals surface area contributed by atoms with E-state index in [9.17, 15) is 9.59 Å². The van der Waals surface area contributed by atoms with Crippen LogP contribution in [0.2, 0.25) is 0 Å². The minimum Gasteiger partial charge on any atom is -0.280 e. The zero-order valence-electron chi connectivity index (χ0n) is 9.86. The highest BCUT2D eigenvalue weighted by Crippen LogP contribution is 2.22. The van der Waals surface area contributed by atoms with Gasteiger partial charge in [0.2, 0.25) is 0 Å². The topological polar surface area (TPSA) is 56.9 Å². The molecule has 2 heterocycles. The van der Waals surface area contributed by atoms with Gasteiger partial charge in [0.25, 0.3) is 5.56 Å². The summed E-state index contributed by atoms with van der Waals surface area (Å²) in [6, 6.07) is 1.90. The molecule has 0 bridgehead atoms. The number of hydrogen-bond donors (Lipinski definition) is 0. The Kier molecular flexibility index (Phi) is 1.98. The molecule has 0 atom stereocenters. The molecule has 0 saturated carbocycles. The van der Waals surface area contributed by atoms with E-state index in [0.29, 0.717) is 11.0 Å². The number of fused-ring (bicyclic) bond motifs is 2. The lowest BCUT2D eigenvalue weighted by molar-refractivity contribution is 0.706. The van der Waals surface area contributed by atoms with Crippen molar-refractivity contribution >= 4 is 11.0 Å². The molecule has 3 rings (SSSR count). The van der Waals surface area contributed by atoms with Gasteiger partial charge in [0.1, 0.15) is 5.65 Å². The summed E-state index contributed by atoms with van der Waals surface area (Å²) in [6.45, 7) is 0. The van der Waals surface area contributed by atoms with E-state index in [1.165, 1.54) is 11.6 Å². The Morgan fingerprint density at radius 3 is 2.71 bits per heavy atom. The molecule has 0 N–H and O–H groups in total. The fourth-order valence-corrected chi connectivity index (χ4v) is 2.46. The van der Waals surface area contributed by atoms with Crippen molar-refractivity contribution in [3.05, 3.63) is 38.2 Å². The minimum absolute atomic E-state index is 0.259. The van der Waals surface area contributed by atoms with Crippen molar-refractivity contribution in [1.29, 1.82) is 0 Å². The van der Waals surface area contributed by atoms with E-state index in [4.69, 9.17) is 0 Å². The standard InChI is InChI=1S/C12H13N3O2/c1-14-10-8(11(16)15(2)12(14)17)6-7-4-3-5-9(7)13-10/h6H,3-5H2,1-2H3. The van der Waals surface area contributed by atoms with E-state index in [0.717, 1.165) is 35.1 Å². The molecule has 0 radical (unpaired) electrons. The predicted molar refractivity (Wildman–Crippen MR) is 64.3 cm³/mol. The van der Waals surface area contributed by atoms with Gasteiger partial charge in [-0.15, -0.1) is 0 Å². The SMILES string of the molecule is Cn1c(=O)c2cc3c(nc2n(C)c1=O)CCC3. The third-order valence-electron chi connectivity index (χ3n) is 3.46. The summed E-state index contributed by atoms with van der Waals surface area (Å²) in [6.07, 6.45) is 2.99. The maximum absolute atomic E-state index is 12.0. The van der Waals surface area contributed by atoms with Crippen LogP contribution in [0.25, 0.3) is 11.0 Å². The maximum atomic E-state index is 12.0. The minimum atomic E-state index is -0.326. The molecule has 0 aromatic carbocycles. The van der Waals surface area contributed by atoms with Gasteiger partial charge in [0.05, 0.1) is 5.39 Å². The van der Waals surface area contributed by atoms with Crippen LogP contribution in [0.4, 0.5) is 0 Å². The zero-order chi connectivity index (χ0) is 12.2. The van der Waals surface area contributed by atoms with E-state index in [-0.39, 0.29) is 11.2 Å². The molecule has 0 unspecified atom stereocenters. The summed E-state index contributed by atoms with van der Waals surface area (Å²) in [5.41, 5.74) is 2.09. The van der Waals surface area contributed by atoms with E-state index >= 15 is 0 Å². The van der Waals surface area contributed by atoms with Crippen LogP contribution in [0.15, 0.2) is 15.7 Å². The summed E-state index contributed by atoms with van der Waals surface area (Å²) >= 11 is 0. The molecule has 5 heteroatoms. The van der Waals surface area contributed by atoms with Crippen LogP contribution < -0.4 is 11.2 Å². The third kappa shape index (κ3) is 1.28. The van der Waals surface area contributed by atoms with Crippen molar-refractivity contribution in [2.24, 2.45) is 14.1 Å². The van der Waals surface area contributed by atoms with Crippen LogP contribution in [0.5, 0.6) is 0 Å². The first kappa shape index (κ1) is 10.3. The van der Waals surface area contributed by atoms with Crippen LogP contribution >= 0.6 is 0 Å². The van der Waals surface area contributed by atoms with E-state index in [2.05, 4.69) is 4.98 Å². The van der Waals surface area contributed by atoms with Crippen molar-refractivity contribution in [2.45, 2.75) is 19.3 Å². The third-order valence-corrected chi connectivity index (χ3v) is 3.46. The highest BCUT2D eigenvalue weighted by Gasteiger charge is 2.17. The maximum Gasteiger partial charge on any atom is 0.332 e. The molecule has 1 aliphatic rings. The van der Waals surface area contributed by atoms with Crippen LogP contribution in [0.3, 0.4) is 0 Å². The van der Waals surface area contributed by atoms with Crippen LogP contribution in [-0.2, 0) is 26.9 Å². The molecule has 1 aliphatic carbocycles. The average Bonchev–Trinajstić information content (AvgIpc) is 2.79. The van der Waals surface area contributed by atoms with Crippen molar-refractivity contribution in [3.8, 4) is 0 Å². The molecule has 0 saturated heterocycles. The quantitative estimate of drug-likeness (QED) is 0.647. The van der Waals surface area contributed by atoms with E-state index in [1.54, 1.807) is 7.05 Å². The number of rotatable bonds is 0. The number of nitrogens with zero attached hydrogens (tertiary/aromatic N) is 3.